The second-order valence-corrected chi connectivity index (χ2v) is 8.34. The predicted molar refractivity (Wildman–Crippen MR) is 109 cm³/mol. The summed E-state index contributed by atoms with van der Waals surface area (Å²) in [5, 5.41) is 0. The van der Waals surface area contributed by atoms with Gasteiger partial charge in [0, 0.05) is 37.7 Å². The highest BCUT2D eigenvalue weighted by Crippen LogP contribution is 2.28. The summed E-state index contributed by atoms with van der Waals surface area (Å²) in [6.45, 7) is 12.7. The number of hydrogen-bond donors (Lipinski definition) is 0. The van der Waals surface area contributed by atoms with Crippen LogP contribution in [-0.2, 0) is 18.4 Å². The van der Waals surface area contributed by atoms with Crippen molar-refractivity contribution in [2.75, 3.05) is 25.0 Å². The minimum absolute atomic E-state index is 0.0757. The van der Waals surface area contributed by atoms with Crippen LogP contribution in [0.4, 0.5) is 5.82 Å². The van der Waals surface area contributed by atoms with Gasteiger partial charge in [-0.25, -0.2) is 9.97 Å². The minimum atomic E-state index is 0.0757. The Bertz CT molecular complexity index is 837. The molecule has 1 aromatic heterocycles. The number of carbonyl (C=O) groups is 1. The number of amides is 1. The number of rotatable bonds is 3. The van der Waals surface area contributed by atoms with E-state index >= 15 is 0 Å². The fourth-order valence-corrected chi connectivity index (χ4v) is 3.45. The molecule has 1 aliphatic heterocycles. The van der Waals surface area contributed by atoms with Crippen LogP contribution in [0.3, 0.4) is 0 Å². The van der Waals surface area contributed by atoms with Crippen LogP contribution in [0, 0.1) is 6.92 Å². The first kappa shape index (κ1) is 19.3. The molecule has 0 unspecified atom stereocenters. The lowest BCUT2D eigenvalue weighted by Gasteiger charge is -2.31. The summed E-state index contributed by atoms with van der Waals surface area (Å²) >= 11 is 0. The van der Waals surface area contributed by atoms with E-state index in [0.717, 1.165) is 41.4 Å². The van der Waals surface area contributed by atoms with Gasteiger partial charge >= 0.3 is 0 Å². The molecule has 3 rings (SSSR count). The molecule has 0 saturated carbocycles. The first-order valence-corrected chi connectivity index (χ1v) is 9.68. The predicted octanol–water partition coefficient (Wildman–Crippen LogP) is 3.74. The maximum Gasteiger partial charge on any atom is 0.254 e. The van der Waals surface area contributed by atoms with Gasteiger partial charge in [-0.05, 0) is 37.0 Å². The van der Waals surface area contributed by atoms with Crippen LogP contribution in [0.15, 0.2) is 24.3 Å². The number of anilines is 1. The second-order valence-electron chi connectivity index (χ2n) is 8.34. The lowest BCUT2D eigenvalue weighted by atomic mass is 9.86. The number of hydrogen-bond acceptors (Lipinski definition) is 4. The Morgan fingerprint density at radius 1 is 1.19 bits per heavy atom. The van der Waals surface area contributed by atoms with Gasteiger partial charge in [-0.15, -0.1) is 0 Å². The van der Waals surface area contributed by atoms with E-state index in [1.54, 1.807) is 0 Å². The molecule has 2 aromatic rings. The summed E-state index contributed by atoms with van der Waals surface area (Å²) in [6, 6.07) is 8.02. The van der Waals surface area contributed by atoms with Crippen molar-refractivity contribution in [3.05, 3.63) is 52.5 Å². The van der Waals surface area contributed by atoms with Gasteiger partial charge in [-0.2, -0.15) is 0 Å². The molecule has 27 heavy (non-hydrogen) atoms. The van der Waals surface area contributed by atoms with Gasteiger partial charge in [0.05, 0.1) is 12.2 Å². The molecule has 5 nitrogen and oxygen atoms in total. The highest BCUT2D eigenvalue weighted by atomic mass is 16.2. The average molecular weight is 367 g/mol. The van der Waals surface area contributed by atoms with Gasteiger partial charge in [0.2, 0.25) is 0 Å². The van der Waals surface area contributed by atoms with Crippen molar-refractivity contribution in [1.29, 1.82) is 0 Å². The Morgan fingerprint density at radius 3 is 2.44 bits per heavy atom. The third-order valence-electron chi connectivity index (χ3n) is 5.27. The minimum Gasteiger partial charge on any atom is -0.360 e. The largest absolute Gasteiger partial charge is 0.360 e. The topological polar surface area (TPSA) is 49.3 Å². The third kappa shape index (κ3) is 3.97. The summed E-state index contributed by atoms with van der Waals surface area (Å²) in [5.74, 6) is 1.81. The summed E-state index contributed by atoms with van der Waals surface area (Å²) in [5.41, 5.74) is 4.21. The summed E-state index contributed by atoms with van der Waals surface area (Å²) in [7, 11) is 2.04. The Labute approximate surface area is 162 Å². The van der Waals surface area contributed by atoms with Crippen LogP contribution in [-0.4, -0.2) is 40.9 Å². The standard InChI is InChI=1S/C22H30N4O/c1-7-25(6)20-18-14-26(13-12-19(18)23-15(2)24-20)21(27)16-8-10-17(11-9-16)22(3,4)5/h8-11H,7,12-14H2,1-6H3. The molecule has 2 heterocycles. The molecule has 0 N–H and O–H groups in total. The molecule has 0 saturated heterocycles. The fraction of sp³-hybridized carbons (Fsp3) is 0.500. The zero-order valence-corrected chi connectivity index (χ0v) is 17.3. The van der Waals surface area contributed by atoms with E-state index in [1.807, 2.05) is 31.0 Å². The van der Waals surface area contributed by atoms with Gasteiger partial charge in [-0.3, -0.25) is 4.79 Å². The third-order valence-corrected chi connectivity index (χ3v) is 5.27. The van der Waals surface area contributed by atoms with Crippen LogP contribution in [0.1, 0.15) is 60.7 Å². The molecular weight excluding hydrogens is 336 g/mol. The number of benzene rings is 1. The quantitative estimate of drug-likeness (QED) is 0.830. The Balaban J connectivity index is 1.86. The molecule has 1 aromatic carbocycles. The molecule has 5 heteroatoms. The zero-order valence-electron chi connectivity index (χ0n) is 17.3. The van der Waals surface area contributed by atoms with Gasteiger partial charge in [-0.1, -0.05) is 32.9 Å². The van der Waals surface area contributed by atoms with E-state index in [-0.39, 0.29) is 11.3 Å². The van der Waals surface area contributed by atoms with Crippen LogP contribution in [0.5, 0.6) is 0 Å². The molecular formula is C22H30N4O. The number of fused-ring (bicyclic) bond motifs is 1. The summed E-state index contributed by atoms with van der Waals surface area (Å²) in [6.07, 6.45) is 0.773. The van der Waals surface area contributed by atoms with Crippen molar-refractivity contribution in [1.82, 2.24) is 14.9 Å². The Kier molecular flexibility index (Phi) is 5.22. The zero-order chi connectivity index (χ0) is 19.8. The number of nitrogens with zero attached hydrogens (tertiary/aromatic N) is 4. The van der Waals surface area contributed by atoms with Crippen molar-refractivity contribution in [2.45, 2.75) is 53.0 Å². The van der Waals surface area contributed by atoms with Crippen LogP contribution >= 0.6 is 0 Å². The van der Waals surface area contributed by atoms with E-state index in [9.17, 15) is 4.79 Å². The molecule has 0 atom stereocenters. The van der Waals surface area contributed by atoms with Crippen molar-refractivity contribution < 1.29 is 4.79 Å². The van der Waals surface area contributed by atoms with Crippen molar-refractivity contribution in [2.24, 2.45) is 0 Å². The molecule has 1 aliphatic rings. The fourth-order valence-electron chi connectivity index (χ4n) is 3.45. The summed E-state index contributed by atoms with van der Waals surface area (Å²) in [4.78, 5) is 26.4. The van der Waals surface area contributed by atoms with Gasteiger partial charge in [0.1, 0.15) is 11.6 Å². The Morgan fingerprint density at radius 2 is 1.85 bits per heavy atom. The van der Waals surface area contributed by atoms with Crippen LogP contribution in [0.2, 0.25) is 0 Å². The van der Waals surface area contributed by atoms with Crippen LogP contribution < -0.4 is 4.90 Å². The highest BCUT2D eigenvalue weighted by Gasteiger charge is 2.27. The van der Waals surface area contributed by atoms with E-state index < -0.39 is 0 Å². The molecule has 0 aliphatic carbocycles. The average Bonchev–Trinajstić information content (AvgIpc) is 2.65. The second kappa shape index (κ2) is 7.29. The van der Waals surface area contributed by atoms with Crippen molar-refractivity contribution in [3.8, 4) is 0 Å². The summed E-state index contributed by atoms with van der Waals surface area (Å²) < 4.78 is 0. The maximum absolute atomic E-state index is 13.1. The monoisotopic (exact) mass is 366 g/mol. The van der Waals surface area contributed by atoms with E-state index in [0.29, 0.717) is 13.1 Å². The highest BCUT2D eigenvalue weighted by molar-refractivity contribution is 5.94. The Hall–Kier alpha value is -2.43. The lowest BCUT2D eigenvalue weighted by Crippen LogP contribution is -2.38. The van der Waals surface area contributed by atoms with E-state index in [4.69, 9.17) is 0 Å². The molecule has 0 spiro atoms. The van der Waals surface area contributed by atoms with Crippen molar-refractivity contribution >= 4 is 11.7 Å². The number of aryl methyl sites for hydroxylation is 1. The first-order valence-electron chi connectivity index (χ1n) is 9.68. The number of carbonyl (C=O) groups excluding carboxylic acids is 1. The molecule has 144 valence electrons. The van der Waals surface area contributed by atoms with Gasteiger partial charge in [0.15, 0.2) is 0 Å². The molecule has 0 radical (unpaired) electrons. The van der Waals surface area contributed by atoms with E-state index in [2.05, 4.69) is 54.7 Å². The van der Waals surface area contributed by atoms with Gasteiger partial charge in [0.25, 0.3) is 5.91 Å². The smallest absolute Gasteiger partial charge is 0.254 e. The maximum atomic E-state index is 13.1. The van der Waals surface area contributed by atoms with Crippen molar-refractivity contribution in [3.63, 3.8) is 0 Å². The van der Waals surface area contributed by atoms with E-state index in [1.165, 1.54) is 5.56 Å². The van der Waals surface area contributed by atoms with Gasteiger partial charge < -0.3 is 9.80 Å². The molecule has 0 bridgehead atoms. The normalized spacial score (nSPS) is 14.1. The lowest BCUT2D eigenvalue weighted by molar-refractivity contribution is 0.0733. The van der Waals surface area contributed by atoms with Crippen LogP contribution in [0.25, 0.3) is 0 Å². The SMILES string of the molecule is CCN(C)c1nc(C)nc2c1CN(C(=O)c1ccc(C(C)(C)C)cc1)CC2. The number of aromatic nitrogens is 2. The molecule has 1 amide bonds. The molecule has 0 fully saturated rings. The first-order chi connectivity index (χ1) is 12.7.